The first-order valence-electron chi connectivity index (χ1n) is 11.9. The minimum absolute atomic E-state index is 0.0332. The molecule has 4 aromatic rings. The van der Waals surface area contributed by atoms with Gasteiger partial charge in [-0.25, -0.2) is 23.7 Å². The van der Waals surface area contributed by atoms with Crippen LogP contribution in [-0.2, 0) is 6.18 Å². The summed E-state index contributed by atoms with van der Waals surface area (Å²) >= 11 is 0. The lowest BCUT2D eigenvalue weighted by atomic mass is 9.95. The van der Waals surface area contributed by atoms with Gasteiger partial charge >= 0.3 is 6.18 Å². The van der Waals surface area contributed by atoms with E-state index in [1.807, 2.05) is 21.8 Å². The molecule has 0 bridgehead atoms. The average molecular weight is 532 g/mol. The van der Waals surface area contributed by atoms with E-state index in [0.717, 1.165) is 39.5 Å². The van der Waals surface area contributed by atoms with Crippen LogP contribution >= 0.6 is 0 Å². The van der Waals surface area contributed by atoms with Crippen LogP contribution in [0.4, 0.5) is 22.0 Å². The number of fused-ring (bicyclic) bond motifs is 1. The number of alkyl halides is 4. The molecular weight excluding hydrogens is 511 g/mol. The maximum absolute atomic E-state index is 15.1. The number of carbonyl (C=O) groups excluding carboxylic acids is 1. The van der Waals surface area contributed by atoms with Gasteiger partial charge < -0.3 is 9.88 Å². The maximum Gasteiger partial charge on any atom is 0.436 e. The van der Waals surface area contributed by atoms with Crippen LogP contribution < -0.4 is 0 Å². The van der Waals surface area contributed by atoms with Crippen molar-refractivity contribution in [1.29, 1.82) is 0 Å². The Labute approximate surface area is 212 Å². The molecule has 14 heteroatoms. The number of piperidine rings is 1. The number of rotatable bonds is 4. The van der Waals surface area contributed by atoms with Crippen molar-refractivity contribution < 1.29 is 26.7 Å². The van der Waals surface area contributed by atoms with Crippen molar-refractivity contribution in [1.82, 2.24) is 39.5 Å². The SMILES string of the molecule is O=C(c1ccnc(C(F)(F)F)c1F)N1CCC(N2CC(n3cc(-c4ncnc5[nH]ccc45)cn3)C2)C(F)C1. The van der Waals surface area contributed by atoms with E-state index in [1.165, 1.54) is 6.33 Å². The van der Waals surface area contributed by atoms with E-state index >= 15 is 4.39 Å². The van der Waals surface area contributed by atoms with Gasteiger partial charge in [0.05, 0.1) is 30.0 Å². The molecule has 6 rings (SSSR count). The van der Waals surface area contributed by atoms with Crippen molar-refractivity contribution in [3.63, 3.8) is 0 Å². The Balaban J connectivity index is 1.08. The molecule has 1 amide bonds. The smallest absolute Gasteiger partial charge is 0.346 e. The van der Waals surface area contributed by atoms with E-state index in [9.17, 15) is 22.4 Å². The third kappa shape index (κ3) is 4.18. The van der Waals surface area contributed by atoms with Crippen LogP contribution in [0, 0.1) is 5.82 Å². The van der Waals surface area contributed by atoms with Crippen LogP contribution in [0.2, 0.25) is 0 Å². The fraction of sp³-hybridized carbons (Fsp3) is 0.375. The molecular formula is C24H21F5N8O. The Kier molecular flexibility index (Phi) is 5.85. The monoisotopic (exact) mass is 532 g/mol. The van der Waals surface area contributed by atoms with Crippen LogP contribution in [0.25, 0.3) is 22.3 Å². The first-order valence-corrected chi connectivity index (χ1v) is 11.9. The number of H-pyrrole nitrogens is 1. The summed E-state index contributed by atoms with van der Waals surface area (Å²) in [5.74, 6) is -2.73. The second-order valence-electron chi connectivity index (χ2n) is 9.42. The number of hydrogen-bond donors (Lipinski definition) is 1. The number of amides is 1. The minimum Gasteiger partial charge on any atom is -0.346 e. The molecule has 2 fully saturated rings. The van der Waals surface area contributed by atoms with Crippen LogP contribution in [0.5, 0.6) is 0 Å². The first-order chi connectivity index (χ1) is 18.2. The number of carbonyl (C=O) groups is 1. The van der Waals surface area contributed by atoms with Gasteiger partial charge in [0.25, 0.3) is 5.91 Å². The Bertz CT molecular complexity index is 1490. The topological polar surface area (TPSA) is 95.8 Å². The highest BCUT2D eigenvalue weighted by Crippen LogP contribution is 2.33. The quantitative estimate of drug-likeness (QED) is 0.405. The zero-order valence-electron chi connectivity index (χ0n) is 19.7. The highest BCUT2D eigenvalue weighted by Gasteiger charge is 2.43. The highest BCUT2D eigenvalue weighted by molar-refractivity contribution is 5.94. The second kappa shape index (κ2) is 9.11. The molecule has 9 nitrogen and oxygen atoms in total. The zero-order chi connectivity index (χ0) is 26.6. The summed E-state index contributed by atoms with van der Waals surface area (Å²) in [4.78, 5) is 30.3. The molecule has 6 heterocycles. The van der Waals surface area contributed by atoms with Gasteiger partial charge in [0.15, 0.2) is 11.5 Å². The molecule has 0 aromatic carbocycles. The van der Waals surface area contributed by atoms with Crippen LogP contribution in [0.1, 0.15) is 28.5 Å². The Morgan fingerprint density at radius 1 is 1.11 bits per heavy atom. The number of halogens is 5. The third-order valence-electron chi connectivity index (χ3n) is 7.14. The van der Waals surface area contributed by atoms with E-state index in [0.29, 0.717) is 13.1 Å². The van der Waals surface area contributed by atoms with Crippen molar-refractivity contribution in [2.45, 2.75) is 30.9 Å². The number of likely N-dealkylation sites (tertiary alicyclic amines) is 2. The van der Waals surface area contributed by atoms with Gasteiger partial charge in [-0.05, 0) is 18.6 Å². The molecule has 1 N–H and O–H groups in total. The van der Waals surface area contributed by atoms with Gasteiger partial charge in [-0.3, -0.25) is 14.4 Å². The van der Waals surface area contributed by atoms with E-state index in [2.05, 4.69) is 25.0 Å². The van der Waals surface area contributed by atoms with Gasteiger partial charge in [-0.2, -0.15) is 18.3 Å². The van der Waals surface area contributed by atoms with Crippen LogP contribution in [0.3, 0.4) is 0 Å². The fourth-order valence-electron chi connectivity index (χ4n) is 5.15. The lowest BCUT2D eigenvalue weighted by Crippen LogP contribution is -2.60. The second-order valence-corrected chi connectivity index (χ2v) is 9.42. The molecule has 0 saturated carbocycles. The molecule has 2 aliphatic rings. The molecule has 2 saturated heterocycles. The molecule has 2 atom stereocenters. The van der Waals surface area contributed by atoms with Crippen LogP contribution in [-0.4, -0.2) is 83.8 Å². The number of pyridine rings is 1. The summed E-state index contributed by atoms with van der Waals surface area (Å²) < 4.78 is 70.2. The molecule has 0 aliphatic carbocycles. The Morgan fingerprint density at radius 2 is 1.92 bits per heavy atom. The van der Waals surface area contributed by atoms with Crippen molar-refractivity contribution in [2.75, 3.05) is 26.2 Å². The highest BCUT2D eigenvalue weighted by atomic mass is 19.4. The third-order valence-corrected chi connectivity index (χ3v) is 7.14. The van der Waals surface area contributed by atoms with Gasteiger partial charge in [-0.1, -0.05) is 0 Å². The van der Waals surface area contributed by atoms with Gasteiger partial charge in [0, 0.05) is 55.2 Å². The minimum atomic E-state index is -5.04. The Hall–Kier alpha value is -3.94. The molecule has 2 unspecified atom stereocenters. The number of hydrogen-bond acceptors (Lipinski definition) is 6. The molecule has 38 heavy (non-hydrogen) atoms. The molecule has 4 aromatic heterocycles. The summed E-state index contributed by atoms with van der Waals surface area (Å²) in [5.41, 5.74) is -0.211. The van der Waals surface area contributed by atoms with Crippen molar-refractivity contribution >= 4 is 16.9 Å². The van der Waals surface area contributed by atoms with Crippen molar-refractivity contribution in [2.24, 2.45) is 0 Å². The standard InChI is InChI=1S/C24H21F5N8O/c25-17-11-35(23(38)15-1-4-30-21(19(15)26)24(27,28)29)6-3-18(17)36-9-14(10-36)37-8-13(7-34-37)20-16-2-5-31-22(16)33-12-32-20/h1-2,4-5,7-8,12,14,17-18H,3,6,9-11H2,(H,31,32,33). The summed E-state index contributed by atoms with van der Waals surface area (Å²) in [6.45, 7) is 0.870. The fourth-order valence-corrected chi connectivity index (χ4v) is 5.15. The Morgan fingerprint density at radius 3 is 2.68 bits per heavy atom. The normalized spacial score (nSPS) is 21.1. The van der Waals surface area contributed by atoms with Gasteiger partial charge in [0.2, 0.25) is 0 Å². The summed E-state index contributed by atoms with van der Waals surface area (Å²) in [5, 5.41) is 5.34. The van der Waals surface area contributed by atoms with Crippen molar-refractivity contribution in [3.05, 3.63) is 60.3 Å². The van der Waals surface area contributed by atoms with E-state index in [-0.39, 0.29) is 25.6 Å². The van der Waals surface area contributed by atoms with Gasteiger partial charge in [0.1, 0.15) is 18.1 Å². The lowest BCUT2D eigenvalue weighted by Gasteiger charge is -2.48. The zero-order valence-corrected chi connectivity index (χ0v) is 19.7. The number of nitrogens with one attached hydrogen (secondary N) is 1. The predicted octanol–water partition coefficient (Wildman–Crippen LogP) is 3.48. The number of aromatic nitrogens is 6. The predicted molar refractivity (Wildman–Crippen MR) is 124 cm³/mol. The molecule has 2 aliphatic heterocycles. The van der Waals surface area contributed by atoms with Crippen LogP contribution in [0.15, 0.2) is 43.2 Å². The summed E-state index contributed by atoms with van der Waals surface area (Å²) in [6, 6.07) is 2.35. The van der Waals surface area contributed by atoms with E-state index in [1.54, 1.807) is 12.4 Å². The first kappa shape index (κ1) is 24.4. The molecule has 0 spiro atoms. The number of aromatic amines is 1. The van der Waals surface area contributed by atoms with E-state index in [4.69, 9.17) is 0 Å². The molecule has 0 radical (unpaired) electrons. The molecule has 198 valence electrons. The number of nitrogens with zero attached hydrogens (tertiary/aromatic N) is 7. The van der Waals surface area contributed by atoms with Crippen molar-refractivity contribution in [3.8, 4) is 11.3 Å². The largest absolute Gasteiger partial charge is 0.436 e. The van der Waals surface area contributed by atoms with E-state index < -0.39 is 41.4 Å². The summed E-state index contributed by atoms with van der Waals surface area (Å²) in [6.07, 6.45) is 1.41. The summed E-state index contributed by atoms with van der Waals surface area (Å²) in [7, 11) is 0. The average Bonchev–Trinajstić information content (AvgIpc) is 3.53. The lowest BCUT2D eigenvalue weighted by molar-refractivity contribution is -0.143. The van der Waals surface area contributed by atoms with Gasteiger partial charge in [-0.15, -0.1) is 0 Å². The maximum atomic E-state index is 15.1.